The zero-order chi connectivity index (χ0) is 13.4. The van der Waals surface area contributed by atoms with Crippen molar-refractivity contribution < 1.29 is 0 Å². The van der Waals surface area contributed by atoms with Crippen molar-refractivity contribution in [3.05, 3.63) is 61.1 Å². The Kier molecular flexibility index (Phi) is 3.92. The molecule has 0 spiro atoms. The van der Waals surface area contributed by atoms with Crippen LogP contribution >= 0.6 is 45.8 Å². The molecule has 4 heteroatoms. The first-order valence-corrected chi connectivity index (χ1v) is 7.94. The van der Waals surface area contributed by atoms with Crippen LogP contribution in [0.4, 0.5) is 5.69 Å². The van der Waals surface area contributed by atoms with Gasteiger partial charge >= 0.3 is 0 Å². The molecule has 0 aromatic heterocycles. The SMILES string of the molecule is Clc1ccc2c(c1)CC(Nc1ccc(I)cc1Cl)C2. The minimum Gasteiger partial charge on any atom is -0.380 e. The Bertz CT molecular complexity index is 628. The quantitative estimate of drug-likeness (QED) is 0.681. The number of rotatable bonds is 2. The third-order valence-electron chi connectivity index (χ3n) is 3.39. The molecular formula is C15H12Cl2IN. The number of hydrogen-bond donors (Lipinski definition) is 1. The summed E-state index contributed by atoms with van der Waals surface area (Å²) in [6, 6.07) is 12.6. The lowest BCUT2D eigenvalue weighted by molar-refractivity contribution is 0.774. The summed E-state index contributed by atoms with van der Waals surface area (Å²) in [7, 11) is 0. The lowest BCUT2D eigenvalue weighted by atomic mass is 10.1. The molecule has 0 fully saturated rings. The largest absolute Gasteiger partial charge is 0.380 e. The fourth-order valence-corrected chi connectivity index (χ4v) is 3.62. The topological polar surface area (TPSA) is 12.0 Å². The first kappa shape index (κ1) is 13.5. The maximum absolute atomic E-state index is 6.26. The fraction of sp³-hybridized carbons (Fsp3) is 0.200. The molecule has 2 aromatic rings. The van der Waals surface area contributed by atoms with Crippen molar-refractivity contribution in [3.63, 3.8) is 0 Å². The van der Waals surface area contributed by atoms with E-state index in [1.54, 1.807) is 0 Å². The van der Waals surface area contributed by atoms with Crippen molar-refractivity contribution in [1.29, 1.82) is 0 Å². The molecule has 0 saturated heterocycles. The van der Waals surface area contributed by atoms with Gasteiger partial charge in [0, 0.05) is 14.6 Å². The van der Waals surface area contributed by atoms with Gasteiger partial charge in [0.05, 0.1) is 10.7 Å². The molecule has 1 atom stereocenters. The van der Waals surface area contributed by atoms with Crippen LogP contribution in [0.5, 0.6) is 0 Å². The number of nitrogens with one attached hydrogen (secondary N) is 1. The van der Waals surface area contributed by atoms with Crippen LogP contribution in [0.1, 0.15) is 11.1 Å². The normalized spacial score (nSPS) is 17.3. The summed E-state index contributed by atoms with van der Waals surface area (Å²) in [6.07, 6.45) is 2.02. The maximum Gasteiger partial charge on any atom is 0.0648 e. The van der Waals surface area contributed by atoms with E-state index in [4.69, 9.17) is 23.2 Å². The summed E-state index contributed by atoms with van der Waals surface area (Å²) in [5.41, 5.74) is 3.72. The number of hydrogen-bond acceptors (Lipinski definition) is 1. The number of anilines is 1. The second-order valence-corrected chi connectivity index (χ2v) is 6.88. The highest BCUT2D eigenvalue weighted by Crippen LogP contribution is 2.30. The van der Waals surface area contributed by atoms with Crippen molar-refractivity contribution >= 4 is 51.5 Å². The van der Waals surface area contributed by atoms with E-state index in [-0.39, 0.29) is 0 Å². The van der Waals surface area contributed by atoms with E-state index in [0.29, 0.717) is 6.04 Å². The fourth-order valence-electron chi connectivity index (χ4n) is 2.52. The lowest BCUT2D eigenvalue weighted by Crippen LogP contribution is -2.19. The van der Waals surface area contributed by atoms with Crippen molar-refractivity contribution in [2.24, 2.45) is 0 Å². The predicted octanol–water partition coefficient (Wildman–Crippen LogP) is 5.18. The molecule has 1 aliphatic rings. The van der Waals surface area contributed by atoms with Gasteiger partial charge in [-0.2, -0.15) is 0 Å². The molecule has 0 aliphatic heterocycles. The number of halogens is 3. The Morgan fingerprint density at radius 2 is 1.79 bits per heavy atom. The van der Waals surface area contributed by atoms with Crippen molar-refractivity contribution in [3.8, 4) is 0 Å². The summed E-state index contributed by atoms with van der Waals surface area (Å²) in [4.78, 5) is 0. The van der Waals surface area contributed by atoms with Gasteiger partial charge in [0.2, 0.25) is 0 Å². The van der Waals surface area contributed by atoms with Gasteiger partial charge in [-0.3, -0.25) is 0 Å². The van der Waals surface area contributed by atoms with Gasteiger partial charge in [-0.25, -0.2) is 0 Å². The van der Waals surface area contributed by atoms with Crippen LogP contribution in [0.15, 0.2) is 36.4 Å². The first-order valence-electron chi connectivity index (χ1n) is 6.11. The molecule has 0 radical (unpaired) electrons. The average Bonchev–Trinajstić information content (AvgIpc) is 2.74. The minimum atomic E-state index is 0.394. The second kappa shape index (κ2) is 5.51. The zero-order valence-electron chi connectivity index (χ0n) is 10.1. The Labute approximate surface area is 136 Å². The summed E-state index contributed by atoms with van der Waals surface area (Å²) < 4.78 is 1.15. The molecule has 1 aliphatic carbocycles. The van der Waals surface area contributed by atoms with Crippen molar-refractivity contribution in [1.82, 2.24) is 0 Å². The molecule has 98 valence electrons. The molecular weight excluding hydrogens is 392 g/mol. The average molecular weight is 404 g/mol. The molecule has 1 N–H and O–H groups in total. The standard InChI is InChI=1S/C15H12Cl2IN/c16-11-2-1-9-6-13(7-10(9)5-11)19-15-4-3-12(18)8-14(15)17/h1-5,8,13,19H,6-7H2. The van der Waals surface area contributed by atoms with Gasteiger partial charge in [0.15, 0.2) is 0 Å². The van der Waals surface area contributed by atoms with E-state index in [2.05, 4.69) is 46.1 Å². The Hall–Kier alpha value is -0.450. The molecule has 0 saturated carbocycles. The highest BCUT2D eigenvalue weighted by molar-refractivity contribution is 14.1. The molecule has 0 heterocycles. The molecule has 0 amide bonds. The van der Waals surface area contributed by atoms with E-state index in [9.17, 15) is 0 Å². The monoisotopic (exact) mass is 403 g/mol. The van der Waals surface area contributed by atoms with E-state index >= 15 is 0 Å². The third-order valence-corrected chi connectivity index (χ3v) is 4.61. The summed E-state index contributed by atoms with van der Waals surface area (Å²) in [6.45, 7) is 0. The lowest BCUT2D eigenvalue weighted by Gasteiger charge is -2.15. The molecule has 19 heavy (non-hydrogen) atoms. The van der Waals surface area contributed by atoms with Crippen molar-refractivity contribution in [2.45, 2.75) is 18.9 Å². The summed E-state index contributed by atoms with van der Waals surface area (Å²) in [5, 5.41) is 5.11. The van der Waals surface area contributed by atoms with Gasteiger partial charge in [-0.05, 0) is 76.9 Å². The summed E-state index contributed by atoms with van der Waals surface area (Å²) >= 11 is 14.6. The van der Waals surface area contributed by atoms with Crippen LogP contribution in [0.3, 0.4) is 0 Å². The van der Waals surface area contributed by atoms with Gasteiger partial charge in [-0.1, -0.05) is 29.3 Å². The molecule has 0 bridgehead atoms. The zero-order valence-corrected chi connectivity index (χ0v) is 13.8. The van der Waals surface area contributed by atoms with E-state index in [0.717, 1.165) is 32.1 Å². The highest BCUT2D eigenvalue weighted by atomic mass is 127. The van der Waals surface area contributed by atoms with Gasteiger partial charge in [0.25, 0.3) is 0 Å². The summed E-state index contributed by atoms with van der Waals surface area (Å²) in [5.74, 6) is 0. The van der Waals surface area contributed by atoms with Crippen LogP contribution in [-0.4, -0.2) is 6.04 Å². The smallest absolute Gasteiger partial charge is 0.0648 e. The number of benzene rings is 2. The molecule has 1 unspecified atom stereocenters. The van der Waals surface area contributed by atoms with E-state index in [1.807, 2.05) is 18.2 Å². The van der Waals surface area contributed by atoms with Gasteiger partial charge in [0.1, 0.15) is 0 Å². The Morgan fingerprint density at radius 1 is 1.00 bits per heavy atom. The van der Waals surface area contributed by atoms with Crippen LogP contribution in [0.2, 0.25) is 10.0 Å². The van der Waals surface area contributed by atoms with Crippen molar-refractivity contribution in [2.75, 3.05) is 5.32 Å². The van der Waals surface area contributed by atoms with Gasteiger partial charge < -0.3 is 5.32 Å². The number of fused-ring (bicyclic) bond motifs is 1. The third kappa shape index (κ3) is 3.01. The van der Waals surface area contributed by atoms with E-state index in [1.165, 1.54) is 11.1 Å². The highest BCUT2D eigenvalue weighted by Gasteiger charge is 2.21. The molecule has 3 rings (SSSR count). The van der Waals surface area contributed by atoms with Crippen LogP contribution in [0.25, 0.3) is 0 Å². The Balaban J connectivity index is 1.77. The molecule has 2 aromatic carbocycles. The Morgan fingerprint density at radius 3 is 2.58 bits per heavy atom. The first-order chi connectivity index (χ1) is 9.11. The van der Waals surface area contributed by atoms with Gasteiger partial charge in [-0.15, -0.1) is 0 Å². The molecule has 1 nitrogen and oxygen atoms in total. The minimum absolute atomic E-state index is 0.394. The van der Waals surface area contributed by atoms with Crippen LogP contribution in [-0.2, 0) is 12.8 Å². The van der Waals surface area contributed by atoms with Crippen LogP contribution < -0.4 is 5.32 Å². The second-order valence-electron chi connectivity index (χ2n) is 4.79. The van der Waals surface area contributed by atoms with E-state index < -0.39 is 0 Å². The predicted molar refractivity (Wildman–Crippen MR) is 90.4 cm³/mol. The maximum atomic E-state index is 6.26. The van der Waals surface area contributed by atoms with Crippen LogP contribution in [0, 0.1) is 3.57 Å².